The van der Waals surface area contributed by atoms with Gasteiger partial charge in [-0.05, 0) is 6.92 Å². The van der Waals surface area contributed by atoms with Gasteiger partial charge in [0.2, 0.25) is 5.91 Å². The highest BCUT2D eigenvalue weighted by Crippen LogP contribution is 1.94. The summed E-state index contributed by atoms with van der Waals surface area (Å²) in [6.45, 7) is 5.55. The van der Waals surface area contributed by atoms with E-state index in [1.807, 2.05) is 0 Å². The molecule has 1 heterocycles. The van der Waals surface area contributed by atoms with Gasteiger partial charge in [0.15, 0.2) is 0 Å². The second-order valence-electron chi connectivity index (χ2n) is 4.59. The zero-order valence-corrected chi connectivity index (χ0v) is 11.2. The van der Waals surface area contributed by atoms with Gasteiger partial charge in [-0.1, -0.05) is 0 Å². The molecule has 0 bridgehead atoms. The quantitative estimate of drug-likeness (QED) is 0.627. The lowest BCUT2D eigenvalue weighted by Gasteiger charge is -2.27. The van der Waals surface area contributed by atoms with Gasteiger partial charge in [0.1, 0.15) is 9.84 Å². The van der Waals surface area contributed by atoms with Gasteiger partial charge in [0.25, 0.3) is 0 Å². The number of nitrogens with one attached hydrogen (secondary N) is 2. The molecule has 0 aromatic rings. The molecule has 1 amide bonds. The largest absolute Gasteiger partial charge is 0.352 e. The molecule has 1 rings (SSSR count). The maximum Gasteiger partial charge on any atom is 0.234 e. The van der Waals surface area contributed by atoms with Crippen LogP contribution in [0.15, 0.2) is 0 Å². The fourth-order valence-corrected chi connectivity index (χ4v) is 2.88. The predicted molar refractivity (Wildman–Crippen MR) is 66.6 cm³/mol. The van der Waals surface area contributed by atoms with E-state index in [-0.39, 0.29) is 17.7 Å². The van der Waals surface area contributed by atoms with Crippen molar-refractivity contribution in [3.05, 3.63) is 0 Å². The van der Waals surface area contributed by atoms with Gasteiger partial charge in [-0.25, -0.2) is 8.42 Å². The molecule has 0 aromatic heterocycles. The van der Waals surface area contributed by atoms with E-state index < -0.39 is 9.84 Å². The zero-order chi connectivity index (χ0) is 12.9. The van der Waals surface area contributed by atoms with Crippen molar-refractivity contribution in [2.24, 2.45) is 0 Å². The first-order chi connectivity index (χ1) is 7.87. The maximum atomic E-state index is 11.6. The average Bonchev–Trinajstić information content (AvgIpc) is 2.15. The molecule has 1 atom stereocenters. The normalized spacial score (nSPS) is 19.9. The fourth-order valence-electron chi connectivity index (χ4n) is 1.89. The summed E-state index contributed by atoms with van der Waals surface area (Å²) >= 11 is 0. The number of piperazine rings is 1. The Morgan fingerprint density at radius 2 is 2.00 bits per heavy atom. The standard InChI is InChI=1S/C10H21N3O3S/c1-9(8-17(2,15)16)12-10(14)7-13-5-3-11-4-6-13/h9,11H,3-8H2,1-2H3,(H,12,14). The molecule has 100 valence electrons. The number of amides is 1. The summed E-state index contributed by atoms with van der Waals surface area (Å²) in [5.41, 5.74) is 0. The van der Waals surface area contributed by atoms with E-state index in [1.54, 1.807) is 6.92 Å². The average molecular weight is 263 g/mol. The van der Waals surface area contributed by atoms with Gasteiger partial charge in [-0.3, -0.25) is 9.69 Å². The summed E-state index contributed by atoms with van der Waals surface area (Å²) < 4.78 is 22.1. The van der Waals surface area contributed by atoms with E-state index in [2.05, 4.69) is 15.5 Å². The first-order valence-corrected chi connectivity index (χ1v) is 7.83. The molecule has 6 nitrogen and oxygen atoms in total. The molecular formula is C10H21N3O3S. The molecular weight excluding hydrogens is 242 g/mol. The minimum Gasteiger partial charge on any atom is -0.352 e. The lowest BCUT2D eigenvalue weighted by molar-refractivity contribution is -0.122. The monoisotopic (exact) mass is 263 g/mol. The number of carbonyl (C=O) groups excluding carboxylic acids is 1. The Labute approximate surface area is 103 Å². The molecule has 0 spiro atoms. The molecule has 0 radical (unpaired) electrons. The van der Waals surface area contributed by atoms with Crippen molar-refractivity contribution in [3.63, 3.8) is 0 Å². The Kier molecular flexibility index (Phi) is 5.35. The van der Waals surface area contributed by atoms with E-state index in [4.69, 9.17) is 0 Å². The van der Waals surface area contributed by atoms with Crippen LogP contribution in [0, 0.1) is 0 Å². The Morgan fingerprint density at radius 1 is 1.41 bits per heavy atom. The van der Waals surface area contributed by atoms with Crippen LogP contribution in [-0.2, 0) is 14.6 Å². The lowest BCUT2D eigenvalue weighted by atomic mass is 10.3. The molecule has 0 saturated carbocycles. The minimum absolute atomic E-state index is 0.0136. The Hall–Kier alpha value is -0.660. The van der Waals surface area contributed by atoms with Crippen LogP contribution in [0.3, 0.4) is 0 Å². The Morgan fingerprint density at radius 3 is 2.53 bits per heavy atom. The Bertz CT molecular complexity index is 350. The van der Waals surface area contributed by atoms with Gasteiger partial charge in [-0.15, -0.1) is 0 Å². The number of carbonyl (C=O) groups is 1. The van der Waals surface area contributed by atoms with Crippen molar-refractivity contribution >= 4 is 15.7 Å². The molecule has 1 saturated heterocycles. The highest BCUT2D eigenvalue weighted by Gasteiger charge is 2.16. The van der Waals surface area contributed by atoms with E-state index in [1.165, 1.54) is 6.26 Å². The second-order valence-corrected chi connectivity index (χ2v) is 6.77. The summed E-state index contributed by atoms with van der Waals surface area (Å²) in [6, 6.07) is -0.333. The van der Waals surface area contributed by atoms with Crippen LogP contribution in [0.4, 0.5) is 0 Å². The summed E-state index contributed by atoms with van der Waals surface area (Å²) in [6.07, 6.45) is 1.17. The van der Waals surface area contributed by atoms with E-state index >= 15 is 0 Å². The van der Waals surface area contributed by atoms with Gasteiger partial charge in [-0.2, -0.15) is 0 Å². The summed E-state index contributed by atoms with van der Waals surface area (Å²) in [4.78, 5) is 13.7. The minimum atomic E-state index is -3.04. The fraction of sp³-hybridized carbons (Fsp3) is 0.900. The molecule has 7 heteroatoms. The lowest BCUT2D eigenvalue weighted by Crippen LogP contribution is -2.49. The number of hydrogen-bond donors (Lipinski definition) is 2. The molecule has 0 aliphatic carbocycles. The first-order valence-electron chi connectivity index (χ1n) is 5.77. The highest BCUT2D eigenvalue weighted by atomic mass is 32.2. The van der Waals surface area contributed by atoms with E-state index in [0.717, 1.165) is 26.2 Å². The topological polar surface area (TPSA) is 78.5 Å². The van der Waals surface area contributed by atoms with Crippen LogP contribution in [-0.4, -0.2) is 70.0 Å². The third-order valence-corrected chi connectivity index (χ3v) is 3.64. The van der Waals surface area contributed by atoms with Gasteiger partial charge in [0, 0.05) is 38.5 Å². The van der Waals surface area contributed by atoms with Crippen molar-refractivity contribution in [2.45, 2.75) is 13.0 Å². The van der Waals surface area contributed by atoms with E-state index in [0.29, 0.717) is 6.54 Å². The number of rotatable bonds is 5. The van der Waals surface area contributed by atoms with Crippen molar-refractivity contribution in [2.75, 3.05) is 44.7 Å². The third kappa shape index (κ3) is 6.60. The molecule has 17 heavy (non-hydrogen) atoms. The summed E-state index contributed by atoms with van der Waals surface area (Å²) in [5.74, 6) is -0.122. The number of hydrogen-bond acceptors (Lipinski definition) is 5. The zero-order valence-electron chi connectivity index (χ0n) is 10.4. The molecule has 2 N–H and O–H groups in total. The number of sulfone groups is 1. The van der Waals surface area contributed by atoms with Crippen molar-refractivity contribution in [3.8, 4) is 0 Å². The number of nitrogens with zero attached hydrogens (tertiary/aromatic N) is 1. The van der Waals surface area contributed by atoms with Crippen LogP contribution < -0.4 is 10.6 Å². The Balaban J connectivity index is 2.28. The second kappa shape index (κ2) is 6.32. The first kappa shape index (κ1) is 14.4. The van der Waals surface area contributed by atoms with Crippen molar-refractivity contribution in [1.29, 1.82) is 0 Å². The SMILES string of the molecule is CC(CS(C)(=O)=O)NC(=O)CN1CCNCC1. The predicted octanol–water partition coefficient (Wildman–Crippen LogP) is -1.56. The molecule has 1 aliphatic heterocycles. The summed E-state index contributed by atoms with van der Waals surface area (Å²) in [5, 5.41) is 5.91. The highest BCUT2D eigenvalue weighted by molar-refractivity contribution is 7.90. The van der Waals surface area contributed by atoms with Crippen molar-refractivity contribution in [1.82, 2.24) is 15.5 Å². The van der Waals surface area contributed by atoms with Gasteiger partial charge < -0.3 is 10.6 Å². The van der Waals surface area contributed by atoms with Gasteiger partial charge >= 0.3 is 0 Å². The molecule has 1 unspecified atom stereocenters. The van der Waals surface area contributed by atoms with Crippen LogP contribution in [0.2, 0.25) is 0 Å². The smallest absolute Gasteiger partial charge is 0.234 e. The van der Waals surface area contributed by atoms with Crippen molar-refractivity contribution < 1.29 is 13.2 Å². The molecule has 1 fully saturated rings. The molecule has 0 aromatic carbocycles. The van der Waals surface area contributed by atoms with Crippen LogP contribution in [0.25, 0.3) is 0 Å². The third-order valence-electron chi connectivity index (χ3n) is 2.54. The van der Waals surface area contributed by atoms with Gasteiger partial charge in [0.05, 0.1) is 12.3 Å². The van der Waals surface area contributed by atoms with E-state index in [9.17, 15) is 13.2 Å². The maximum absolute atomic E-state index is 11.6. The van der Waals surface area contributed by atoms with Crippen LogP contribution in [0.5, 0.6) is 0 Å². The van der Waals surface area contributed by atoms with Crippen LogP contribution >= 0.6 is 0 Å². The summed E-state index contributed by atoms with van der Waals surface area (Å²) in [7, 11) is -3.04. The van der Waals surface area contributed by atoms with Crippen LogP contribution in [0.1, 0.15) is 6.92 Å². The molecule has 1 aliphatic rings.